The predicted octanol–water partition coefficient (Wildman–Crippen LogP) is 1.41. The fourth-order valence-electron chi connectivity index (χ4n) is 2.45. The summed E-state index contributed by atoms with van der Waals surface area (Å²) >= 11 is 3.12. The van der Waals surface area contributed by atoms with Crippen LogP contribution in [-0.2, 0) is 32.9 Å². The first-order valence-corrected chi connectivity index (χ1v) is 10.8. The molecule has 8 nitrogen and oxygen atoms in total. The number of ether oxygens (including phenoxy) is 2. The molecule has 11 heteroatoms. The molecule has 0 bridgehead atoms. The minimum absolute atomic E-state index is 0. The summed E-state index contributed by atoms with van der Waals surface area (Å²) in [4.78, 5) is 24.4. The van der Waals surface area contributed by atoms with E-state index in [0.29, 0.717) is 9.54 Å². The summed E-state index contributed by atoms with van der Waals surface area (Å²) < 4.78 is 39.0. The van der Waals surface area contributed by atoms with Crippen LogP contribution in [0.1, 0.15) is 21.6 Å². The van der Waals surface area contributed by atoms with E-state index in [4.69, 9.17) is 9.47 Å². The SMILES string of the molecule is O=C([N-]S(=O)(=O)n1ccc(Br)c1C(=O)OCc1ccccc1)OCc1ccccc1.[Na+]. The third-order valence-corrected chi connectivity index (χ3v) is 5.67. The third-order valence-electron chi connectivity index (χ3n) is 3.85. The Kier molecular flexibility index (Phi) is 9.32. The van der Waals surface area contributed by atoms with E-state index in [2.05, 4.69) is 20.7 Å². The molecule has 0 aliphatic carbocycles. The van der Waals surface area contributed by atoms with Gasteiger partial charge in [0.1, 0.15) is 13.2 Å². The predicted molar refractivity (Wildman–Crippen MR) is 112 cm³/mol. The first kappa shape index (κ1) is 25.2. The van der Waals surface area contributed by atoms with Gasteiger partial charge < -0.3 is 14.2 Å². The fourth-order valence-corrected chi connectivity index (χ4v) is 3.98. The van der Waals surface area contributed by atoms with E-state index in [1.165, 1.54) is 6.07 Å². The Morgan fingerprint density at radius 3 is 1.94 bits per heavy atom. The van der Waals surface area contributed by atoms with Crippen molar-refractivity contribution < 1.29 is 57.0 Å². The Balaban J connectivity index is 0.00000341. The van der Waals surface area contributed by atoms with Crippen LogP contribution in [0.3, 0.4) is 0 Å². The molecule has 31 heavy (non-hydrogen) atoms. The van der Waals surface area contributed by atoms with E-state index in [0.717, 1.165) is 11.8 Å². The standard InChI is InChI=1S/C20H17BrN2O6S.Na/c21-17-11-12-23(18(17)19(24)28-13-15-7-3-1-4-8-15)30(26,27)22-20(25)29-14-16-9-5-2-6-10-16;/h1-12H,13-14H2,(H,22,25);/q;+1/p-1. The summed E-state index contributed by atoms with van der Waals surface area (Å²) in [5.74, 6) is -0.896. The van der Waals surface area contributed by atoms with E-state index < -0.39 is 22.3 Å². The third kappa shape index (κ3) is 6.94. The average Bonchev–Trinajstić information content (AvgIpc) is 3.14. The zero-order chi connectivity index (χ0) is 21.6. The van der Waals surface area contributed by atoms with Crippen molar-refractivity contribution in [2.24, 2.45) is 0 Å². The second-order valence-electron chi connectivity index (χ2n) is 5.98. The number of halogens is 1. The van der Waals surface area contributed by atoms with E-state index in [1.54, 1.807) is 54.6 Å². The quantitative estimate of drug-likeness (QED) is 0.348. The van der Waals surface area contributed by atoms with Crippen LogP contribution in [-0.4, -0.2) is 24.5 Å². The van der Waals surface area contributed by atoms with Gasteiger partial charge in [0.15, 0.2) is 15.9 Å². The van der Waals surface area contributed by atoms with Crippen molar-refractivity contribution in [3.05, 3.63) is 98.9 Å². The molecule has 1 amide bonds. The summed E-state index contributed by atoms with van der Waals surface area (Å²) in [6, 6.07) is 19.0. The number of esters is 1. The molecule has 0 atom stereocenters. The molecule has 156 valence electrons. The monoisotopic (exact) mass is 514 g/mol. The number of carbonyl (C=O) groups is 2. The van der Waals surface area contributed by atoms with Crippen molar-refractivity contribution in [3.63, 3.8) is 0 Å². The van der Waals surface area contributed by atoms with E-state index in [9.17, 15) is 18.0 Å². The summed E-state index contributed by atoms with van der Waals surface area (Å²) in [6.45, 7) is -0.187. The summed E-state index contributed by atoms with van der Waals surface area (Å²) in [7, 11) is -4.57. The molecule has 3 aromatic rings. The van der Waals surface area contributed by atoms with Gasteiger partial charge in [0, 0.05) is 6.20 Å². The number of carbonyl (C=O) groups excluding carboxylic acids is 2. The molecule has 0 saturated carbocycles. The number of hydrogen-bond acceptors (Lipinski definition) is 6. The largest absolute Gasteiger partial charge is 1.00 e. The smallest absolute Gasteiger partial charge is 0.492 e. The van der Waals surface area contributed by atoms with Crippen LogP contribution in [0.15, 0.2) is 77.4 Å². The molecular formula is C20H16BrN2NaO6S. The fraction of sp³-hybridized carbons (Fsp3) is 0.100. The first-order chi connectivity index (χ1) is 14.4. The molecule has 0 saturated heterocycles. The van der Waals surface area contributed by atoms with Gasteiger partial charge in [-0.3, -0.25) is 4.79 Å². The van der Waals surface area contributed by atoms with E-state index in [1.807, 2.05) is 6.07 Å². The van der Waals surface area contributed by atoms with Crippen molar-refractivity contribution in [2.75, 3.05) is 0 Å². The second-order valence-corrected chi connectivity index (χ2v) is 8.31. The van der Waals surface area contributed by atoms with Crippen LogP contribution in [0.4, 0.5) is 4.79 Å². The summed E-state index contributed by atoms with van der Waals surface area (Å²) in [5, 5.41) is 0. The summed E-state index contributed by atoms with van der Waals surface area (Å²) in [5.41, 5.74) is 1.09. The van der Waals surface area contributed by atoms with Crippen LogP contribution in [0.2, 0.25) is 0 Å². The van der Waals surface area contributed by atoms with Crippen LogP contribution in [0.25, 0.3) is 4.72 Å². The van der Waals surface area contributed by atoms with E-state index in [-0.39, 0.29) is 52.9 Å². The van der Waals surface area contributed by atoms with Crippen molar-refractivity contribution in [3.8, 4) is 0 Å². The number of aromatic nitrogens is 1. The molecule has 0 aliphatic rings. The van der Waals surface area contributed by atoms with Gasteiger partial charge in [-0.1, -0.05) is 60.7 Å². The van der Waals surface area contributed by atoms with Crippen LogP contribution in [0, 0.1) is 0 Å². The molecular weight excluding hydrogens is 499 g/mol. The minimum Gasteiger partial charge on any atom is -0.492 e. The number of nitrogens with zero attached hydrogens (tertiary/aromatic N) is 2. The first-order valence-electron chi connectivity index (χ1n) is 8.64. The molecule has 1 heterocycles. The van der Waals surface area contributed by atoms with Gasteiger partial charge >= 0.3 is 35.5 Å². The Labute approximate surface area is 210 Å². The van der Waals surface area contributed by atoms with Crippen molar-refractivity contribution in [2.45, 2.75) is 13.2 Å². The Hall–Kier alpha value is -2.11. The molecule has 3 rings (SSSR count). The molecule has 0 spiro atoms. The molecule has 0 unspecified atom stereocenters. The number of rotatable bonds is 7. The van der Waals surface area contributed by atoms with Crippen molar-refractivity contribution in [1.82, 2.24) is 3.97 Å². The molecule has 1 aromatic heterocycles. The maximum Gasteiger partial charge on any atom is 1.00 e. The topological polar surface area (TPSA) is 106 Å². The number of amides is 1. The van der Waals surface area contributed by atoms with Gasteiger partial charge in [-0.25, -0.2) is 17.2 Å². The van der Waals surface area contributed by atoms with Crippen molar-refractivity contribution in [1.29, 1.82) is 0 Å². The minimum atomic E-state index is -4.57. The Morgan fingerprint density at radius 2 is 1.39 bits per heavy atom. The second kappa shape index (κ2) is 11.5. The van der Waals surface area contributed by atoms with Crippen LogP contribution < -0.4 is 29.6 Å². The van der Waals surface area contributed by atoms with Gasteiger partial charge in [0.2, 0.25) is 6.09 Å². The maximum absolute atomic E-state index is 12.5. The van der Waals surface area contributed by atoms with E-state index >= 15 is 0 Å². The number of benzene rings is 2. The summed E-state index contributed by atoms with van der Waals surface area (Å²) in [6.07, 6.45) is -0.209. The number of hydrogen-bond donors (Lipinski definition) is 0. The van der Waals surface area contributed by atoms with Crippen molar-refractivity contribution >= 4 is 38.2 Å². The zero-order valence-electron chi connectivity index (χ0n) is 16.5. The van der Waals surface area contributed by atoms with Gasteiger partial charge in [-0.2, -0.15) is 0 Å². The van der Waals surface area contributed by atoms with Gasteiger partial charge in [-0.15, -0.1) is 0 Å². The Bertz CT molecular complexity index is 1140. The average molecular weight is 515 g/mol. The van der Waals surface area contributed by atoms with Crippen LogP contribution >= 0.6 is 15.9 Å². The molecule has 0 radical (unpaired) electrons. The normalized spacial score (nSPS) is 10.6. The Morgan fingerprint density at radius 1 is 0.871 bits per heavy atom. The van der Waals surface area contributed by atoms with Gasteiger partial charge in [0.05, 0.1) is 4.47 Å². The molecule has 2 aromatic carbocycles. The molecule has 0 aliphatic heterocycles. The van der Waals surface area contributed by atoms with Gasteiger partial charge in [0.25, 0.3) is 0 Å². The molecule has 0 fully saturated rings. The molecule has 0 N–H and O–H groups in total. The maximum atomic E-state index is 12.5. The van der Waals surface area contributed by atoms with Crippen LogP contribution in [0.5, 0.6) is 0 Å². The zero-order valence-corrected chi connectivity index (χ0v) is 20.9. The van der Waals surface area contributed by atoms with Gasteiger partial charge in [-0.05, 0) is 33.1 Å².